The van der Waals surface area contributed by atoms with Crippen LogP contribution in [-0.4, -0.2) is 23.5 Å². The van der Waals surface area contributed by atoms with Crippen LogP contribution >= 0.6 is 0 Å². The molecular weight excluding hydrogens is 308 g/mol. The summed E-state index contributed by atoms with van der Waals surface area (Å²) in [6.07, 6.45) is 3.62. The van der Waals surface area contributed by atoms with Crippen molar-refractivity contribution in [2.24, 2.45) is 5.92 Å². The zero-order chi connectivity index (χ0) is 16.9. The zero-order valence-corrected chi connectivity index (χ0v) is 13.2. The van der Waals surface area contributed by atoms with Gasteiger partial charge in [-0.15, -0.1) is 0 Å². The van der Waals surface area contributed by atoms with E-state index in [1.807, 2.05) is 12.1 Å². The van der Waals surface area contributed by atoms with Crippen molar-refractivity contribution in [1.82, 2.24) is 5.32 Å². The number of aliphatic hydroxyl groups is 1. The summed E-state index contributed by atoms with van der Waals surface area (Å²) in [5.74, 6) is 0.529. The van der Waals surface area contributed by atoms with Crippen LogP contribution in [0.1, 0.15) is 30.2 Å². The standard InChI is InChI=1S/C18H20N2O4/c21-11-15(16-2-1-9-24-16)20-17(22)10-12-3-7-14(8-4-12)19-18(23)13-5-6-13/h1-4,7-9,13,15,21H,5-6,10-11H2,(H,19,23)(H,20,22). The van der Waals surface area contributed by atoms with Gasteiger partial charge in [-0.1, -0.05) is 12.1 Å². The zero-order valence-electron chi connectivity index (χ0n) is 13.2. The van der Waals surface area contributed by atoms with Crippen LogP contribution in [0.5, 0.6) is 0 Å². The number of carbonyl (C=O) groups excluding carboxylic acids is 2. The molecule has 1 fully saturated rings. The SMILES string of the molecule is O=C(Cc1ccc(NC(=O)C2CC2)cc1)NC(CO)c1ccco1. The molecule has 1 atom stereocenters. The van der Waals surface area contributed by atoms with E-state index in [4.69, 9.17) is 4.42 Å². The smallest absolute Gasteiger partial charge is 0.227 e. The van der Waals surface area contributed by atoms with E-state index in [1.54, 1.807) is 24.3 Å². The molecule has 1 heterocycles. The number of furan rings is 1. The van der Waals surface area contributed by atoms with Gasteiger partial charge in [-0.05, 0) is 42.7 Å². The third kappa shape index (κ3) is 4.23. The average Bonchev–Trinajstić information content (AvgIpc) is 3.30. The maximum atomic E-state index is 12.1. The molecule has 6 heteroatoms. The molecule has 126 valence electrons. The van der Waals surface area contributed by atoms with Crippen LogP contribution in [0.4, 0.5) is 5.69 Å². The summed E-state index contributed by atoms with van der Waals surface area (Å²) in [7, 11) is 0. The van der Waals surface area contributed by atoms with Crippen LogP contribution in [0.25, 0.3) is 0 Å². The second-order valence-electron chi connectivity index (χ2n) is 5.96. The van der Waals surface area contributed by atoms with E-state index >= 15 is 0 Å². The lowest BCUT2D eigenvalue weighted by Gasteiger charge is -2.14. The molecule has 1 aromatic carbocycles. The fraction of sp³-hybridized carbons (Fsp3) is 0.333. The van der Waals surface area contributed by atoms with Gasteiger partial charge < -0.3 is 20.2 Å². The largest absolute Gasteiger partial charge is 0.467 e. The number of carbonyl (C=O) groups is 2. The summed E-state index contributed by atoms with van der Waals surface area (Å²) in [4.78, 5) is 23.8. The third-order valence-corrected chi connectivity index (χ3v) is 3.94. The molecule has 6 nitrogen and oxygen atoms in total. The first-order valence-electron chi connectivity index (χ1n) is 7.99. The van der Waals surface area contributed by atoms with E-state index in [9.17, 15) is 14.7 Å². The van der Waals surface area contributed by atoms with Crippen molar-refractivity contribution in [1.29, 1.82) is 0 Å². The second-order valence-corrected chi connectivity index (χ2v) is 5.96. The van der Waals surface area contributed by atoms with E-state index in [-0.39, 0.29) is 30.8 Å². The number of benzene rings is 1. The Morgan fingerprint density at radius 1 is 1.21 bits per heavy atom. The van der Waals surface area contributed by atoms with E-state index in [2.05, 4.69) is 10.6 Å². The maximum Gasteiger partial charge on any atom is 0.227 e. The average molecular weight is 328 g/mol. The Kier molecular flexibility index (Phi) is 4.96. The van der Waals surface area contributed by atoms with E-state index in [0.29, 0.717) is 5.76 Å². The lowest BCUT2D eigenvalue weighted by molar-refractivity contribution is -0.121. The molecule has 2 amide bonds. The first kappa shape index (κ1) is 16.3. The Labute approximate surface area is 139 Å². The minimum Gasteiger partial charge on any atom is -0.467 e. The lowest BCUT2D eigenvalue weighted by atomic mass is 10.1. The van der Waals surface area contributed by atoms with Crippen molar-refractivity contribution < 1.29 is 19.1 Å². The van der Waals surface area contributed by atoms with Crippen LogP contribution in [0, 0.1) is 5.92 Å². The summed E-state index contributed by atoms with van der Waals surface area (Å²) < 4.78 is 5.20. The first-order chi connectivity index (χ1) is 11.7. The fourth-order valence-electron chi connectivity index (χ4n) is 2.42. The minimum absolute atomic E-state index is 0.0599. The van der Waals surface area contributed by atoms with Crippen LogP contribution in [0.15, 0.2) is 47.1 Å². The topological polar surface area (TPSA) is 91.6 Å². The quantitative estimate of drug-likeness (QED) is 0.725. The molecule has 1 aliphatic carbocycles. The van der Waals surface area contributed by atoms with Crippen molar-refractivity contribution in [2.75, 3.05) is 11.9 Å². The van der Waals surface area contributed by atoms with Gasteiger partial charge in [0.2, 0.25) is 11.8 Å². The molecule has 3 rings (SSSR count). The highest BCUT2D eigenvalue weighted by Crippen LogP contribution is 2.30. The number of amides is 2. The number of hydrogen-bond acceptors (Lipinski definition) is 4. The highest BCUT2D eigenvalue weighted by Gasteiger charge is 2.29. The van der Waals surface area contributed by atoms with Gasteiger partial charge in [-0.2, -0.15) is 0 Å². The molecule has 3 N–H and O–H groups in total. The van der Waals surface area contributed by atoms with Crippen molar-refractivity contribution in [3.8, 4) is 0 Å². The Hall–Kier alpha value is -2.60. The van der Waals surface area contributed by atoms with Gasteiger partial charge in [0.1, 0.15) is 11.8 Å². The molecule has 0 spiro atoms. The van der Waals surface area contributed by atoms with Crippen LogP contribution in [0.3, 0.4) is 0 Å². The van der Waals surface area contributed by atoms with E-state index in [1.165, 1.54) is 6.26 Å². The molecule has 1 unspecified atom stereocenters. The number of rotatable bonds is 7. The van der Waals surface area contributed by atoms with Gasteiger partial charge >= 0.3 is 0 Å². The van der Waals surface area contributed by atoms with Gasteiger partial charge in [0.15, 0.2) is 0 Å². The monoisotopic (exact) mass is 328 g/mol. The summed E-state index contributed by atoms with van der Waals surface area (Å²) >= 11 is 0. The molecule has 1 aromatic heterocycles. The number of aliphatic hydroxyl groups excluding tert-OH is 1. The van der Waals surface area contributed by atoms with Crippen molar-refractivity contribution >= 4 is 17.5 Å². The molecule has 1 aliphatic rings. The molecule has 2 aromatic rings. The molecule has 0 saturated heterocycles. The first-order valence-corrected chi connectivity index (χ1v) is 7.99. The third-order valence-electron chi connectivity index (χ3n) is 3.94. The Balaban J connectivity index is 1.53. The van der Waals surface area contributed by atoms with Gasteiger partial charge in [0, 0.05) is 11.6 Å². The molecule has 24 heavy (non-hydrogen) atoms. The summed E-state index contributed by atoms with van der Waals surface area (Å²) in [5, 5.41) is 15.0. The Morgan fingerprint density at radius 2 is 1.96 bits per heavy atom. The Bertz CT molecular complexity index is 690. The predicted molar refractivity (Wildman–Crippen MR) is 88.2 cm³/mol. The van der Waals surface area contributed by atoms with Gasteiger partial charge in [-0.25, -0.2) is 0 Å². The molecular formula is C18H20N2O4. The van der Waals surface area contributed by atoms with E-state index < -0.39 is 6.04 Å². The van der Waals surface area contributed by atoms with Crippen LogP contribution in [-0.2, 0) is 16.0 Å². The normalized spacial score (nSPS) is 14.9. The van der Waals surface area contributed by atoms with Gasteiger partial charge in [0.25, 0.3) is 0 Å². The van der Waals surface area contributed by atoms with Crippen LogP contribution < -0.4 is 10.6 Å². The maximum absolute atomic E-state index is 12.1. The number of anilines is 1. The van der Waals surface area contributed by atoms with E-state index in [0.717, 1.165) is 24.1 Å². The molecule has 1 saturated carbocycles. The second kappa shape index (κ2) is 7.31. The molecule has 0 aliphatic heterocycles. The molecule has 0 radical (unpaired) electrons. The highest BCUT2D eigenvalue weighted by molar-refractivity contribution is 5.94. The van der Waals surface area contributed by atoms with Crippen LogP contribution in [0.2, 0.25) is 0 Å². The summed E-state index contributed by atoms with van der Waals surface area (Å²) in [5.41, 5.74) is 1.56. The summed E-state index contributed by atoms with van der Waals surface area (Å²) in [6.45, 7) is -0.231. The number of hydrogen-bond donors (Lipinski definition) is 3. The molecule has 0 bridgehead atoms. The Morgan fingerprint density at radius 3 is 2.54 bits per heavy atom. The van der Waals surface area contributed by atoms with Crippen molar-refractivity contribution in [2.45, 2.75) is 25.3 Å². The lowest BCUT2D eigenvalue weighted by Crippen LogP contribution is -2.31. The predicted octanol–water partition coefficient (Wildman–Crippen LogP) is 2.02. The summed E-state index contributed by atoms with van der Waals surface area (Å²) in [6, 6.07) is 10.1. The minimum atomic E-state index is -0.551. The number of nitrogens with one attached hydrogen (secondary N) is 2. The fourth-order valence-corrected chi connectivity index (χ4v) is 2.42. The van der Waals surface area contributed by atoms with Crippen molar-refractivity contribution in [3.63, 3.8) is 0 Å². The van der Waals surface area contributed by atoms with Gasteiger partial charge in [-0.3, -0.25) is 9.59 Å². The van der Waals surface area contributed by atoms with Crippen molar-refractivity contribution in [3.05, 3.63) is 54.0 Å². The van der Waals surface area contributed by atoms with Gasteiger partial charge in [0.05, 0.1) is 19.3 Å². The highest BCUT2D eigenvalue weighted by atomic mass is 16.3.